The van der Waals surface area contributed by atoms with Gasteiger partial charge in [0, 0.05) is 18.8 Å². The van der Waals surface area contributed by atoms with Crippen LogP contribution in [0.5, 0.6) is 0 Å². The number of likely N-dealkylation sites (tertiary alicyclic amines) is 1. The van der Waals surface area contributed by atoms with Crippen LogP contribution in [0.2, 0.25) is 0 Å². The van der Waals surface area contributed by atoms with Gasteiger partial charge in [-0.25, -0.2) is 4.98 Å². The van der Waals surface area contributed by atoms with Gasteiger partial charge in [0.1, 0.15) is 11.4 Å². The van der Waals surface area contributed by atoms with Gasteiger partial charge >= 0.3 is 0 Å². The Bertz CT molecular complexity index is 800. The summed E-state index contributed by atoms with van der Waals surface area (Å²) < 4.78 is 0. The molecule has 2 heterocycles. The van der Waals surface area contributed by atoms with Crippen LogP contribution in [0.4, 0.5) is 5.69 Å². The number of hydrogen-bond acceptors (Lipinski definition) is 3. The van der Waals surface area contributed by atoms with E-state index in [0.29, 0.717) is 5.69 Å². The number of nitrogens with one attached hydrogen (secondary N) is 1. The van der Waals surface area contributed by atoms with Gasteiger partial charge in [-0.1, -0.05) is 23.8 Å². The summed E-state index contributed by atoms with van der Waals surface area (Å²) >= 11 is 0. The molecule has 0 spiro atoms. The van der Waals surface area contributed by atoms with Crippen molar-refractivity contribution in [3.05, 3.63) is 58.4 Å². The molecule has 0 bridgehead atoms. The Morgan fingerprint density at radius 2 is 1.60 bits per heavy atom. The van der Waals surface area contributed by atoms with Gasteiger partial charge in [-0.2, -0.15) is 0 Å². The first-order valence-corrected chi connectivity index (χ1v) is 8.61. The highest BCUT2D eigenvalue weighted by Crippen LogP contribution is 2.22. The van der Waals surface area contributed by atoms with E-state index in [1.54, 1.807) is 23.1 Å². The van der Waals surface area contributed by atoms with Crippen LogP contribution in [0.3, 0.4) is 0 Å². The average Bonchev–Trinajstić information content (AvgIpc) is 3.12. The lowest BCUT2D eigenvalue weighted by Crippen LogP contribution is -2.29. The highest BCUT2D eigenvalue weighted by Gasteiger charge is 2.21. The largest absolute Gasteiger partial charge is 0.337 e. The molecule has 1 aromatic heterocycles. The molecule has 1 N–H and O–H groups in total. The second-order valence-electron chi connectivity index (χ2n) is 6.64. The first kappa shape index (κ1) is 17.1. The van der Waals surface area contributed by atoms with Gasteiger partial charge in [-0.3, -0.25) is 9.59 Å². The fourth-order valence-corrected chi connectivity index (χ4v) is 3.32. The van der Waals surface area contributed by atoms with Crippen molar-refractivity contribution in [2.75, 3.05) is 18.4 Å². The first-order chi connectivity index (χ1) is 12.0. The summed E-state index contributed by atoms with van der Waals surface area (Å²) in [7, 11) is 0. The van der Waals surface area contributed by atoms with Crippen molar-refractivity contribution in [2.45, 2.75) is 33.6 Å². The molecule has 1 fully saturated rings. The number of pyridine rings is 1. The molecule has 1 aliphatic rings. The Hall–Kier alpha value is -2.69. The van der Waals surface area contributed by atoms with Crippen LogP contribution in [-0.2, 0) is 0 Å². The normalized spacial score (nSPS) is 13.8. The lowest BCUT2D eigenvalue weighted by atomic mass is 10.0. The third kappa shape index (κ3) is 3.71. The van der Waals surface area contributed by atoms with Gasteiger partial charge in [0.2, 0.25) is 0 Å². The maximum atomic E-state index is 12.6. The molecule has 0 saturated carbocycles. The topological polar surface area (TPSA) is 62.3 Å². The Balaban J connectivity index is 1.81. The smallest absolute Gasteiger partial charge is 0.274 e. The minimum absolute atomic E-state index is 0.102. The summed E-state index contributed by atoms with van der Waals surface area (Å²) in [6.07, 6.45) is 2.05. The molecular formula is C20H23N3O2. The van der Waals surface area contributed by atoms with Crippen LogP contribution in [0, 0.1) is 20.8 Å². The molecule has 1 aliphatic heterocycles. The van der Waals surface area contributed by atoms with E-state index in [0.717, 1.165) is 48.3 Å². The number of aryl methyl sites for hydroxylation is 3. The highest BCUT2D eigenvalue weighted by molar-refractivity contribution is 6.04. The molecule has 130 valence electrons. The van der Waals surface area contributed by atoms with E-state index in [9.17, 15) is 9.59 Å². The zero-order chi connectivity index (χ0) is 18.0. The number of hydrogen-bond donors (Lipinski definition) is 1. The van der Waals surface area contributed by atoms with Crippen LogP contribution in [0.1, 0.15) is 50.5 Å². The fourth-order valence-electron chi connectivity index (χ4n) is 3.32. The molecule has 0 unspecified atom stereocenters. The number of carbonyl (C=O) groups is 2. The number of nitrogens with zero attached hydrogens (tertiary/aromatic N) is 2. The third-order valence-corrected chi connectivity index (χ3v) is 4.51. The molecular weight excluding hydrogens is 314 g/mol. The fraction of sp³-hybridized carbons (Fsp3) is 0.350. The number of aromatic nitrogens is 1. The molecule has 5 nitrogen and oxygen atoms in total. The van der Waals surface area contributed by atoms with Gasteiger partial charge in [-0.05, 0) is 56.9 Å². The SMILES string of the molecule is Cc1cc(C)c(NC(=O)c2cccc(C(=O)N3CCCC3)n2)c(C)c1. The number of anilines is 1. The maximum Gasteiger partial charge on any atom is 0.274 e. The number of benzene rings is 1. The molecule has 3 rings (SSSR count). The van der Waals surface area contributed by atoms with Crippen molar-refractivity contribution in [1.82, 2.24) is 9.88 Å². The summed E-state index contributed by atoms with van der Waals surface area (Å²) in [6, 6.07) is 9.07. The van der Waals surface area contributed by atoms with E-state index in [1.807, 2.05) is 32.9 Å². The van der Waals surface area contributed by atoms with E-state index in [-0.39, 0.29) is 17.5 Å². The minimum atomic E-state index is -0.300. The molecule has 2 aromatic rings. The van der Waals surface area contributed by atoms with Crippen LogP contribution >= 0.6 is 0 Å². The number of amides is 2. The van der Waals surface area contributed by atoms with Crippen molar-refractivity contribution in [3.8, 4) is 0 Å². The zero-order valence-corrected chi connectivity index (χ0v) is 14.9. The van der Waals surface area contributed by atoms with Gasteiger partial charge in [-0.15, -0.1) is 0 Å². The van der Waals surface area contributed by atoms with E-state index < -0.39 is 0 Å². The average molecular weight is 337 g/mol. The molecule has 0 radical (unpaired) electrons. The molecule has 0 atom stereocenters. The van der Waals surface area contributed by atoms with Crippen molar-refractivity contribution in [2.24, 2.45) is 0 Å². The van der Waals surface area contributed by atoms with Crippen LogP contribution < -0.4 is 5.32 Å². The third-order valence-electron chi connectivity index (χ3n) is 4.51. The molecule has 2 amide bonds. The zero-order valence-electron chi connectivity index (χ0n) is 14.9. The van der Waals surface area contributed by atoms with E-state index >= 15 is 0 Å². The number of rotatable bonds is 3. The Morgan fingerprint density at radius 3 is 2.24 bits per heavy atom. The van der Waals surface area contributed by atoms with E-state index in [4.69, 9.17) is 0 Å². The van der Waals surface area contributed by atoms with Crippen molar-refractivity contribution >= 4 is 17.5 Å². The van der Waals surface area contributed by atoms with Gasteiger partial charge in [0.15, 0.2) is 0 Å². The number of carbonyl (C=O) groups excluding carboxylic acids is 2. The second-order valence-corrected chi connectivity index (χ2v) is 6.64. The Labute approximate surface area is 148 Å². The summed E-state index contributed by atoms with van der Waals surface area (Å²) in [5.41, 5.74) is 4.56. The highest BCUT2D eigenvalue weighted by atomic mass is 16.2. The molecule has 5 heteroatoms. The maximum absolute atomic E-state index is 12.6. The lowest BCUT2D eigenvalue weighted by Gasteiger charge is -2.15. The predicted octanol–water partition coefficient (Wildman–Crippen LogP) is 3.50. The van der Waals surface area contributed by atoms with Crippen LogP contribution in [0.25, 0.3) is 0 Å². The van der Waals surface area contributed by atoms with Gasteiger partial charge < -0.3 is 10.2 Å². The van der Waals surface area contributed by atoms with Crippen molar-refractivity contribution < 1.29 is 9.59 Å². The predicted molar refractivity (Wildman–Crippen MR) is 98.0 cm³/mol. The molecule has 0 aliphatic carbocycles. The van der Waals surface area contributed by atoms with Gasteiger partial charge in [0.25, 0.3) is 11.8 Å². The lowest BCUT2D eigenvalue weighted by molar-refractivity contribution is 0.0787. The monoisotopic (exact) mass is 337 g/mol. The molecule has 1 saturated heterocycles. The molecule has 1 aromatic carbocycles. The Kier molecular flexibility index (Phi) is 4.83. The van der Waals surface area contributed by atoms with Crippen molar-refractivity contribution in [1.29, 1.82) is 0 Å². The molecule has 25 heavy (non-hydrogen) atoms. The Morgan fingerprint density at radius 1 is 1.00 bits per heavy atom. The summed E-state index contributed by atoms with van der Waals surface area (Å²) in [5, 5.41) is 2.93. The van der Waals surface area contributed by atoms with Crippen LogP contribution in [0.15, 0.2) is 30.3 Å². The van der Waals surface area contributed by atoms with E-state index in [1.165, 1.54) is 0 Å². The van der Waals surface area contributed by atoms with Crippen LogP contribution in [-0.4, -0.2) is 34.8 Å². The quantitative estimate of drug-likeness (QED) is 0.932. The van der Waals surface area contributed by atoms with Crippen molar-refractivity contribution in [3.63, 3.8) is 0 Å². The second kappa shape index (κ2) is 7.05. The summed E-state index contributed by atoms with van der Waals surface area (Å²) in [5.74, 6) is -0.402. The first-order valence-electron chi connectivity index (χ1n) is 8.61. The van der Waals surface area contributed by atoms with Gasteiger partial charge in [0.05, 0.1) is 0 Å². The summed E-state index contributed by atoms with van der Waals surface area (Å²) in [6.45, 7) is 7.49. The van der Waals surface area contributed by atoms with E-state index in [2.05, 4.69) is 10.3 Å². The summed E-state index contributed by atoms with van der Waals surface area (Å²) in [4.78, 5) is 31.1. The standard InChI is InChI=1S/C20H23N3O2/c1-13-11-14(2)18(15(3)12-13)22-19(24)16-7-6-8-17(21-16)20(25)23-9-4-5-10-23/h6-8,11-12H,4-5,9-10H2,1-3H3,(H,22,24). The minimum Gasteiger partial charge on any atom is -0.337 e.